The number of thioether (sulfide) groups is 1. The van der Waals surface area contributed by atoms with Gasteiger partial charge in [-0.25, -0.2) is 10.4 Å². The van der Waals surface area contributed by atoms with Crippen LogP contribution in [-0.2, 0) is 14.2 Å². The summed E-state index contributed by atoms with van der Waals surface area (Å²) in [5.41, 5.74) is 2.04. The molecule has 0 bridgehead atoms. The van der Waals surface area contributed by atoms with Crippen molar-refractivity contribution in [3.8, 4) is 0 Å². The first-order chi connectivity index (χ1) is 20.0. The fraction of sp³-hybridized carbons (Fsp3) is 0.636. The number of alkyl halides is 1. The number of rotatable bonds is 2. The minimum Gasteiger partial charge on any atom is -0.379 e. The summed E-state index contributed by atoms with van der Waals surface area (Å²) in [7, 11) is 0. The normalized spacial score (nSPS) is 20.0. The van der Waals surface area contributed by atoms with Crippen molar-refractivity contribution >= 4 is 41.5 Å². The summed E-state index contributed by atoms with van der Waals surface area (Å²) in [5.74, 6) is 1.27. The van der Waals surface area contributed by atoms with Crippen LogP contribution in [0.15, 0.2) is 37.2 Å². The second kappa shape index (κ2) is 19.1. The molecule has 4 N–H and O–H groups in total. The van der Waals surface area contributed by atoms with Gasteiger partial charge in [0.05, 0.1) is 45.9 Å². The average Bonchev–Trinajstić information content (AvgIpc) is 3.04. The Bertz CT molecular complexity index is 1170. The van der Waals surface area contributed by atoms with Crippen LogP contribution in [0.25, 0.3) is 0 Å². The van der Waals surface area contributed by atoms with Gasteiger partial charge in [-0.3, -0.25) is 19.6 Å². The van der Waals surface area contributed by atoms with E-state index in [0.29, 0.717) is 24.3 Å². The molecule has 0 aliphatic carbocycles. The number of nitrogens with zero attached hydrogens (tertiary/aromatic N) is 8. The van der Waals surface area contributed by atoms with E-state index >= 15 is 0 Å². The van der Waals surface area contributed by atoms with E-state index in [-0.39, 0.29) is 16.6 Å². The van der Waals surface area contributed by atoms with E-state index in [4.69, 9.17) is 25.8 Å². The summed E-state index contributed by atoms with van der Waals surface area (Å²) in [5, 5.41) is 22.1. The van der Waals surface area contributed by atoms with E-state index in [1.54, 1.807) is 6.21 Å². The molecule has 4 aliphatic heterocycles. The quantitative estimate of drug-likeness (QED) is 0.170. The van der Waals surface area contributed by atoms with E-state index in [1.807, 2.05) is 11.2 Å². The molecule has 6 rings (SSSR count). The SMILES string of the molecule is C1COCCN1.CSc1nncc(=O)[nH]1.ClC1C=NNC(N2CCOCC2)=N1.O=c1cnnc(N2CCOCC2)[nH]1. The smallest absolute Gasteiger partial charge is 0.271 e. The molecule has 41 heavy (non-hydrogen) atoms. The van der Waals surface area contributed by atoms with Crippen molar-refractivity contribution in [1.82, 2.24) is 46.0 Å². The fourth-order valence-corrected chi connectivity index (χ4v) is 3.87. The first-order valence-electron chi connectivity index (χ1n) is 12.9. The van der Waals surface area contributed by atoms with Crippen molar-refractivity contribution in [2.45, 2.75) is 10.7 Å². The van der Waals surface area contributed by atoms with E-state index in [1.165, 1.54) is 11.8 Å². The molecule has 3 saturated heterocycles. The van der Waals surface area contributed by atoms with E-state index in [2.05, 4.69) is 56.1 Å². The van der Waals surface area contributed by atoms with Gasteiger partial charge in [0.1, 0.15) is 12.4 Å². The first kappa shape index (κ1) is 32.4. The van der Waals surface area contributed by atoms with Crippen molar-refractivity contribution in [1.29, 1.82) is 0 Å². The molecule has 4 aliphatic rings. The Morgan fingerprint density at radius 2 is 1.44 bits per heavy atom. The minimum absolute atomic E-state index is 0.214. The Kier molecular flexibility index (Phi) is 15.0. The zero-order chi connectivity index (χ0) is 29.1. The maximum atomic E-state index is 10.9. The molecule has 226 valence electrons. The van der Waals surface area contributed by atoms with Crippen LogP contribution in [0.4, 0.5) is 5.95 Å². The number of guanidine groups is 1. The van der Waals surface area contributed by atoms with Gasteiger partial charge in [-0.05, 0) is 6.26 Å². The number of nitrogens with one attached hydrogen (secondary N) is 4. The molecule has 0 saturated carbocycles. The van der Waals surface area contributed by atoms with Gasteiger partial charge in [0.2, 0.25) is 11.9 Å². The fourth-order valence-electron chi connectivity index (χ4n) is 3.39. The third kappa shape index (κ3) is 12.9. The summed E-state index contributed by atoms with van der Waals surface area (Å²) in [6.45, 7) is 9.80. The lowest BCUT2D eigenvalue weighted by Gasteiger charge is -2.30. The monoisotopic (exact) mass is 614 g/mol. The lowest BCUT2D eigenvalue weighted by molar-refractivity contribution is 0.0664. The van der Waals surface area contributed by atoms with E-state index < -0.39 is 0 Å². The number of morpholine rings is 3. The maximum Gasteiger partial charge on any atom is 0.271 e. The summed E-state index contributed by atoms with van der Waals surface area (Å²) in [4.78, 5) is 34.7. The van der Waals surface area contributed by atoms with Crippen LogP contribution < -0.4 is 26.8 Å². The summed E-state index contributed by atoms with van der Waals surface area (Å²) in [6.07, 6.45) is 5.68. The highest BCUT2D eigenvalue weighted by atomic mass is 35.5. The van der Waals surface area contributed by atoms with Crippen molar-refractivity contribution < 1.29 is 14.2 Å². The molecule has 17 nitrogen and oxygen atoms in total. The Hall–Kier alpha value is -3.16. The average molecular weight is 615 g/mol. The highest BCUT2D eigenvalue weighted by Gasteiger charge is 2.17. The van der Waals surface area contributed by atoms with Crippen LogP contribution in [0.2, 0.25) is 0 Å². The molecule has 3 fully saturated rings. The second-order valence-electron chi connectivity index (χ2n) is 8.28. The number of ether oxygens (including phenoxy) is 3. The number of hydrogen-bond acceptors (Lipinski definition) is 16. The zero-order valence-corrected chi connectivity index (χ0v) is 24.3. The molecule has 0 amide bonds. The number of hydrogen-bond donors (Lipinski definition) is 4. The number of H-pyrrole nitrogens is 2. The third-order valence-electron chi connectivity index (χ3n) is 5.38. The predicted molar refractivity (Wildman–Crippen MR) is 155 cm³/mol. The predicted octanol–water partition coefficient (Wildman–Crippen LogP) is -1.68. The largest absolute Gasteiger partial charge is 0.379 e. The summed E-state index contributed by atoms with van der Waals surface area (Å²) >= 11 is 7.15. The zero-order valence-electron chi connectivity index (χ0n) is 22.7. The van der Waals surface area contributed by atoms with Crippen LogP contribution in [0, 0.1) is 0 Å². The standard InChI is InChI=1S/C7H11ClN4O.C7H10N4O2.C4H5N3OS.C4H9NO/c8-6-5-9-11-7(10-6)12-1-3-13-4-2-12;12-6-5-8-10-7(9-6)11-1-3-13-4-2-11;1-9-4-6-3(8)2-5-7-4;1-3-6-4-2-5-1/h5-6H,1-4H2,(H,10,11);5H,1-4H2,(H,9,10,12);2H,1H3,(H,6,7,8);5H,1-4H2. The maximum absolute atomic E-state index is 10.9. The highest BCUT2D eigenvalue weighted by molar-refractivity contribution is 7.98. The molecular weight excluding hydrogens is 580 g/mol. The van der Waals surface area contributed by atoms with Crippen LogP contribution in [-0.4, -0.2) is 138 Å². The van der Waals surface area contributed by atoms with Gasteiger partial charge >= 0.3 is 0 Å². The third-order valence-corrected chi connectivity index (χ3v) is 6.17. The lowest BCUT2D eigenvalue weighted by atomic mass is 10.4. The number of aromatic amines is 2. The topological polar surface area (TPSA) is 200 Å². The first-order valence-corrected chi connectivity index (χ1v) is 14.5. The summed E-state index contributed by atoms with van der Waals surface area (Å²) in [6, 6.07) is 0. The molecular formula is C22H35ClN12O5S. The second-order valence-corrected chi connectivity index (χ2v) is 9.52. The van der Waals surface area contributed by atoms with Gasteiger partial charge in [-0.15, -0.1) is 15.3 Å². The van der Waals surface area contributed by atoms with Gasteiger partial charge in [0.15, 0.2) is 10.7 Å². The van der Waals surface area contributed by atoms with Crippen molar-refractivity contribution in [2.75, 3.05) is 90.1 Å². The Balaban J connectivity index is 0.000000156. The number of aliphatic imine (C=N–C) groups is 1. The Labute approximate surface area is 245 Å². The van der Waals surface area contributed by atoms with E-state index in [9.17, 15) is 9.59 Å². The van der Waals surface area contributed by atoms with E-state index in [0.717, 1.165) is 84.0 Å². The summed E-state index contributed by atoms with van der Waals surface area (Å²) < 4.78 is 15.4. The Morgan fingerprint density at radius 1 is 0.854 bits per heavy atom. The molecule has 0 aromatic carbocycles. The lowest BCUT2D eigenvalue weighted by Crippen LogP contribution is -2.47. The van der Waals surface area contributed by atoms with Gasteiger partial charge in [0, 0.05) is 39.3 Å². The van der Waals surface area contributed by atoms with Gasteiger partial charge in [-0.2, -0.15) is 10.2 Å². The molecule has 2 aromatic rings. The molecule has 0 spiro atoms. The van der Waals surface area contributed by atoms with Gasteiger partial charge in [-0.1, -0.05) is 23.4 Å². The molecule has 19 heteroatoms. The van der Waals surface area contributed by atoms with Crippen molar-refractivity contribution in [3.63, 3.8) is 0 Å². The van der Waals surface area contributed by atoms with Crippen molar-refractivity contribution in [3.05, 3.63) is 33.1 Å². The van der Waals surface area contributed by atoms with Crippen LogP contribution in [0.5, 0.6) is 0 Å². The Morgan fingerprint density at radius 3 is 1.93 bits per heavy atom. The molecule has 0 radical (unpaired) electrons. The number of hydrazone groups is 1. The molecule has 1 unspecified atom stereocenters. The van der Waals surface area contributed by atoms with Gasteiger partial charge < -0.3 is 29.3 Å². The van der Waals surface area contributed by atoms with Gasteiger partial charge in [0.25, 0.3) is 11.1 Å². The number of halogens is 1. The molecule has 1 atom stereocenters. The molecule has 2 aromatic heterocycles. The van der Waals surface area contributed by atoms with Crippen LogP contribution in [0.1, 0.15) is 0 Å². The number of anilines is 1. The van der Waals surface area contributed by atoms with Crippen molar-refractivity contribution in [2.24, 2.45) is 10.1 Å². The molecule has 6 heterocycles. The van der Waals surface area contributed by atoms with Crippen LogP contribution >= 0.6 is 23.4 Å². The number of aromatic nitrogens is 6. The highest BCUT2D eigenvalue weighted by Crippen LogP contribution is 2.05. The minimum atomic E-state index is -0.348. The van der Waals surface area contributed by atoms with Crippen LogP contribution in [0.3, 0.4) is 0 Å².